The van der Waals surface area contributed by atoms with Crippen LogP contribution in [-0.4, -0.2) is 36.1 Å². The number of hydrogen-bond donors (Lipinski definition) is 1. The molecule has 0 radical (unpaired) electrons. The van der Waals surface area contributed by atoms with Gasteiger partial charge in [0.1, 0.15) is 0 Å². The van der Waals surface area contributed by atoms with Crippen molar-refractivity contribution in [1.29, 1.82) is 0 Å². The summed E-state index contributed by atoms with van der Waals surface area (Å²) in [6.45, 7) is 7.96. The van der Waals surface area contributed by atoms with Crippen molar-refractivity contribution in [2.75, 3.05) is 19.6 Å². The second kappa shape index (κ2) is 6.40. The van der Waals surface area contributed by atoms with Gasteiger partial charge in [-0.2, -0.15) is 0 Å². The summed E-state index contributed by atoms with van der Waals surface area (Å²) >= 11 is 5.70. The SMILES string of the molecule is CC(C)C1CNC2(CCCCC2)CN1C/C=C/Cl. The molecule has 1 atom stereocenters. The third-order valence-corrected chi connectivity index (χ3v) is 4.85. The van der Waals surface area contributed by atoms with Gasteiger partial charge in [0, 0.05) is 36.8 Å². The Morgan fingerprint density at radius 2 is 2.06 bits per heavy atom. The Bertz CT molecular complexity index is 282. The van der Waals surface area contributed by atoms with Crippen LogP contribution < -0.4 is 5.32 Å². The van der Waals surface area contributed by atoms with Crippen molar-refractivity contribution in [3.8, 4) is 0 Å². The van der Waals surface area contributed by atoms with E-state index in [0.717, 1.165) is 13.1 Å². The summed E-state index contributed by atoms with van der Waals surface area (Å²) in [6, 6.07) is 0.644. The van der Waals surface area contributed by atoms with Gasteiger partial charge in [-0.1, -0.05) is 50.8 Å². The van der Waals surface area contributed by atoms with E-state index in [9.17, 15) is 0 Å². The molecule has 1 N–H and O–H groups in total. The van der Waals surface area contributed by atoms with E-state index >= 15 is 0 Å². The summed E-state index contributed by atoms with van der Waals surface area (Å²) in [6.07, 6.45) is 8.96. The zero-order valence-corrected chi connectivity index (χ0v) is 12.5. The zero-order valence-electron chi connectivity index (χ0n) is 11.8. The molecule has 2 nitrogen and oxygen atoms in total. The van der Waals surface area contributed by atoms with Crippen LogP contribution in [0.3, 0.4) is 0 Å². The first-order valence-corrected chi connectivity index (χ1v) is 7.85. The van der Waals surface area contributed by atoms with Crippen LogP contribution in [-0.2, 0) is 0 Å². The number of hydrogen-bond acceptors (Lipinski definition) is 2. The van der Waals surface area contributed by atoms with Crippen molar-refractivity contribution in [3.05, 3.63) is 11.6 Å². The van der Waals surface area contributed by atoms with E-state index in [2.05, 4.69) is 30.1 Å². The molecule has 3 heteroatoms. The highest BCUT2D eigenvalue weighted by molar-refractivity contribution is 6.25. The lowest BCUT2D eigenvalue weighted by molar-refractivity contribution is 0.0451. The van der Waals surface area contributed by atoms with E-state index < -0.39 is 0 Å². The fourth-order valence-electron chi connectivity index (χ4n) is 3.61. The number of rotatable bonds is 3. The van der Waals surface area contributed by atoms with Gasteiger partial charge in [0.2, 0.25) is 0 Å². The van der Waals surface area contributed by atoms with E-state index in [1.165, 1.54) is 38.6 Å². The lowest BCUT2D eigenvalue weighted by atomic mass is 9.78. The summed E-state index contributed by atoms with van der Waals surface area (Å²) in [4.78, 5) is 2.63. The summed E-state index contributed by atoms with van der Waals surface area (Å²) in [5, 5.41) is 3.87. The lowest BCUT2D eigenvalue weighted by Gasteiger charge is -2.50. The number of piperazine rings is 1. The summed E-state index contributed by atoms with van der Waals surface area (Å²) in [7, 11) is 0. The molecule has 1 aliphatic carbocycles. The molecule has 0 aromatic carbocycles. The van der Waals surface area contributed by atoms with Crippen LogP contribution >= 0.6 is 11.6 Å². The first kappa shape index (κ1) is 14.4. The highest BCUT2D eigenvalue weighted by Gasteiger charge is 2.40. The molecule has 2 fully saturated rings. The van der Waals surface area contributed by atoms with Gasteiger partial charge in [-0.3, -0.25) is 4.90 Å². The number of nitrogens with zero attached hydrogens (tertiary/aromatic N) is 1. The zero-order chi connectivity index (χ0) is 13.0. The van der Waals surface area contributed by atoms with Gasteiger partial charge in [-0.25, -0.2) is 0 Å². The minimum Gasteiger partial charge on any atom is -0.308 e. The van der Waals surface area contributed by atoms with E-state index in [4.69, 9.17) is 11.6 Å². The average Bonchev–Trinajstić information content (AvgIpc) is 2.37. The Balaban J connectivity index is 2.04. The minimum absolute atomic E-state index is 0.393. The van der Waals surface area contributed by atoms with Crippen molar-refractivity contribution in [1.82, 2.24) is 10.2 Å². The Morgan fingerprint density at radius 3 is 2.67 bits per heavy atom. The molecule has 104 valence electrons. The van der Waals surface area contributed by atoms with Crippen molar-refractivity contribution in [2.24, 2.45) is 5.92 Å². The van der Waals surface area contributed by atoms with Crippen LogP contribution in [0.4, 0.5) is 0 Å². The Hall–Kier alpha value is -0.0500. The molecule has 2 aliphatic rings. The monoisotopic (exact) mass is 270 g/mol. The molecular formula is C15H27ClN2. The fraction of sp³-hybridized carbons (Fsp3) is 0.867. The largest absolute Gasteiger partial charge is 0.308 e. The molecule has 1 saturated heterocycles. The van der Waals surface area contributed by atoms with Gasteiger partial charge in [0.15, 0.2) is 0 Å². The highest BCUT2D eigenvalue weighted by atomic mass is 35.5. The van der Waals surface area contributed by atoms with Crippen molar-refractivity contribution >= 4 is 11.6 Å². The third-order valence-electron chi connectivity index (χ3n) is 4.67. The van der Waals surface area contributed by atoms with E-state index in [0.29, 0.717) is 17.5 Å². The Kier molecular flexibility index (Phi) is 5.11. The van der Waals surface area contributed by atoms with Crippen molar-refractivity contribution in [2.45, 2.75) is 57.5 Å². The Labute approximate surface area is 117 Å². The van der Waals surface area contributed by atoms with Gasteiger partial charge in [0.05, 0.1) is 0 Å². The highest BCUT2D eigenvalue weighted by Crippen LogP contribution is 2.32. The maximum absolute atomic E-state index is 5.70. The topological polar surface area (TPSA) is 15.3 Å². The van der Waals surface area contributed by atoms with Crippen LogP contribution in [0, 0.1) is 5.92 Å². The Morgan fingerprint density at radius 1 is 1.33 bits per heavy atom. The van der Waals surface area contributed by atoms with Crippen LogP contribution in [0.1, 0.15) is 46.0 Å². The van der Waals surface area contributed by atoms with Gasteiger partial charge in [0.25, 0.3) is 0 Å². The summed E-state index contributed by atoms with van der Waals surface area (Å²) in [5.41, 5.74) is 2.05. The number of halogens is 1. The van der Waals surface area contributed by atoms with Gasteiger partial charge < -0.3 is 5.32 Å². The van der Waals surface area contributed by atoms with Gasteiger partial charge in [-0.15, -0.1) is 0 Å². The molecule has 1 spiro atoms. The maximum Gasteiger partial charge on any atom is 0.0309 e. The van der Waals surface area contributed by atoms with Crippen molar-refractivity contribution < 1.29 is 0 Å². The second-order valence-electron chi connectivity index (χ2n) is 6.32. The van der Waals surface area contributed by atoms with Gasteiger partial charge in [-0.05, 0) is 18.8 Å². The molecule has 18 heavy (non-hydrogen) atoms. The first-order chi connectivity index (χ1) is 8.67. The van der Waals surface area contributed by atoms with Crippen LogP contribution in [0.5, 0.6) is 0 Å². The molecule has 1 heterocycles. The lowest BCUT2D eigenvalue weighted by Crippen LogP contribution is -2.65. The molecular weight excluding hydrogens is 244 g/mol. The normalized spacial score (nSPS) is 29.4. The molecule has 1 aliphatic heterocycles. The third kappa shape index (κ3) is 3.28. The predicted molar refractivity (Wildman–Crippen MR) is 79.0 cm³/mol. The number of nitrogens with one attached hydrogen (secondary N) is 1. The van der Waals surface area contributed by atoms with Gasteiger partial charge >= 0.3 is 0 Å². The molecule has 1 saturated carbocycles. The van der Waals surface area contributed by atoms with E-state index in [1.54, 1.807) is 5.54 Å². The quantitative estimate of drug-likeness (QED) is 0.846. The van der Waals surface area contributed by atoms with Crippen molar-refractivity contribution in [3.63, 3.8) is 0 Å². The molecule has 0 aromatic rings. The van der Waals surface area contributed by atoms with Crippen LogP contribution in [0.25, 0.3) is 0 Å². The van der Waals surface area contributed by atoms with Crippen LogP contribution in [0.2, 0.25) is 0 Å². The molecule has 0 amide bonds. The average molecular weight is 271 g/mol. The fourth-order valence-corrected chi connectivity index (χ4v) is 3.69. The summed E-state index contributed by atoms with van der Waals surface area (Å²) in [5.74, 6) is 0.696. The maximum atomic E-state index is 5.70. The van der Waals surface area contributed by atoms with Crippen LogP contribution in [0.15, 0.2) is 11.6 Å². The molecule has 1 unspecified atom stereocenters. The predicted octanol–water partition coefficient (Wildman–Crippen LogP) is 3.37. The summed E-state index contributed by atoms with van der Waals surface area (Å²) < 4.78 is 0. The molecule has 2 rings (SSSR count). The van der Waals surface area contributed by atoms with E-state index in [-0.39, 0.29) is 0 Å². The smallest absolute Gasteiger partial charge is 0.0309 e. The molecule has 0 bridgehead atoms. The molecule has 0 aromatic heterocycles. The minimum atomic E-state index is 0.393. The first-order valence-electron chi connectivity index (χ1n) is 7.41. The standard InChI is InChI=1S/C15H27ClN2/c1-13(2)14-11-17-15(7-4-3-5-8-15)12-18(14)10-6-9-16/h6,9,13-14,17H,3-5,7-8,10-12H2,1-2H3/b9-6+. The second-order valence-corrected chi connectivity index (χ2v) is 6.58. The van der Waals surface area contributed by atoms with E-state index in [1.807, 2.05) is 0 Å².